The first-order chi connectivity index (χ1) is 11.7. The van der Waals surface area contributed by atoms with E-state index in [1.54, 1.807) is 7.11 Å². The van der Waals surface area contributed by atoms with Crippen molar-refractivity contribution in [2.45, 2.75) is 26.4 Å². The Morgan fingerprint density at radius 1 is 1.17 bits per heavy atom. The number of para-hydroxylation sites is 2. The monoisotopic (exact) mass is 323 g/mol. The summed E-state index contributed by atoms with van der Waals surface area (Å²) in [7, 11) is 1.63. The molecule has 0 aliphatic carbocycles. The van der Waals surface area contributed by atoms with Gasteiger partial charge in [0.15, 0.2) is 0 Å². The van der Waals surface area contributed by atoms with Gasteiger partial charge in [-0.05, 0) is 36.8 Å². The van der Waals surface area contributed by atoms with Crippen LogP contribution in [0.25, 0.3) is 11.0 Å². The van der Waals surface area contributed by atoms with E-state index in [1.807, 2.05) is 42.5 Å². The van der Waals surface area contributed by atoms with Crippen molar-refractivity contribution in [2.75, 3.05) is 7.11 Å². The molecule has 0 saturated heterocycles. The Labute approximate surface area is 141 Å². The lowest BCUT2D eigenvalue weighted by Gasteiger charge is -2.08. The molecule has 3 rings (SSSR count). The topological polar surface area (TPSA) is 56.2 Å². The van der Waals surface area contributed by atoms with Crippen molar-refractivity contribution < 1.29 is 9.53 Å². The van der Waals surface area contributed by atoms with Gasteiger partial charge in [-0.2, -0.15) is 0 Å². The van der Waals surface area contributed by atoms with E-state index in [1.165, 1.54) is 0 Å². The molecule has 0 aliphatic heterocycles. The average molecular weight is 323 g/mol. The molecule has 1 amide bonds. The van der Waals surface area contributed by atoms with Gasteiger partial charge >= 0.3 is 0 Å². The maximum atomic E-state index is 12.2. The van der Waals surface area contributed by atoms with E-state index < -0.39 is 0 Å². The van der Waals surface area contributed by atoms with Crippen LogP contribution in [0.3, 0.4) is 0 Å². The van der Waals surface area contributed by atoms with E-state index >= 15 is 0 Å². The maximum absolute atomic E-state index is 12.2. The van der Waals surface area contributed by atoms with Crippen molar-refractivity contribution in [3.05, 3.63) is 59.9 Å². The first-order valence-electron chi connectivity index (χ1n) is 8.05. The van der Waals surface area contributed by atoms with E-state index in [2.05, 4.69) is 27.9 Å². The van der Waals surface area contributed by atoms with Gasteiger partial charge in [-0.1, -0.05) is 24.3 Å². The normalized spacial score (nSPS) is 10.8. The van der Waals surface area contributed by atoms with Gasteiger partial charge in [-0.15, -0.1) is 0 Å². The summed E-state index contributed by atoms with van der Waals surface area (Å²) in [5, 5.41) is 2.96. The number of carbonyl (C=O) groups is 1. The predicted molar refractivity (Wildman–Crippen MR) is 94.0 cm³/mol. The second-order valence-electron chi connectivity index (χ2n) is 5.56. The van der Waals surface area contributed by atoms with Crippen molar-refractivity contribution in [3.63, 3.8) is 0 Å². The molecule has 0 unspecified atom stereocenters. The highest BCUT2D eigenvalue weighted by Gasteiger charge is 2.10. The molecule has 24 heavy (non-hydrogen) atoms. The van der Waals surface area contributed by atoms with Gasteiger partial charge in [-0.25, -0.2) is 4.98 Å². The molecule has 1 aromatic heterocycles. The van der Waals surface area contributed by atoms with Gasteiger partial charge in [-0.3, -0.25) is 4.79 Å². The molecule has 0 bridgehead atoms. The molecule has 3 aromatic rings. The third kappa shape index (κ3) is 3.40. The highest BCUT2D eigenvalue weighted by atomic mass is 16.5. The van der Waals surface area contributed by atoms with E-state index in [9.17, 15) is 4.79 Å². The van der Waals surface area contributed by atoms with Crippen molar-refractivity contribution >= 4 is 16.9 Å². The smallest absolute Gasteiger partial charge is 0.224 e. The van der Waals surface area contributed by atoms with Gasteiger partial charge in [0.1, 0.15) is 11.6 Å². The Kier molecular flexibility index (Phi) is 4.79. The number of hydrogen-bond acceptors (Lipinski definition) is 3. The number of aromatic nitrogens is 2. The average Bonchev–Trinajstić information content (AvgIpc) is 2.98. The number of fused-ring (bicyclic) bond motifs is 1. The maximum Gasteiger partial charge on any atom is 0.224 e. The first kappa shape index (κ1) is 16.1. The van der Waals surface area contributed by atoms with Crippen LogP contribution >= 0.6 is 0 Å². The molecule has 2 aromatic carbocycles. The number of benzene rings is 2. The summed E-state index contributed by atoms with van der Waals surface area (Å²) in [6.45, 7) is 3.33. The number of aryl methyl sites for hydroxylation is 1. The fourth-order valence-electron chi connectivity index (χ4n) is 2.78. The van der Waals surface area contributed by atoms with E-state index in [0.717, 1.165) is 34.7 Å². The van der Waals surface area contributed by atoms with Crippen molar-refractivity contribution in [3.8, 4) is 5.75 Å². The molecule has 0 fully saturated rings. The van der Waals surface area contributed by atoms with Crippen LogP contribution in [0.5, 0.6) is 5.75 Å². The highest BCUT2D eigenvalue weighted by molar-refractivity contribution is 5.79. The third-order valence-electron chi connectivity index (χ3n) is 4.02. The minimum absolute atomic E-state index is 0.0186. The molecule has 5 nitrogen and oxygen atoms in total. The zero-order chi connectivity index (χ0) is 16.9. The lowest BCUT2D eigenvalue weighted by molar-refractivity contribution is -0.120. The number of nitrogens with zero attached hydrogens (tertiary/aromatic N) is 2. The Hall–Kier alpha value is -2.82. The summed E-state index contributed by atoms with van der Waals surface area (Å²) in [5.41, 5.74) is 3.01. The van der Waals surface area contributed by atoms with Gasteiger partial charge in [0, 0.05) is 6.54 Å². The van der Waals surface area contributed by atoms with Crippen LogP contribution in [0, 0.1) is 0 Å². The third-order valence-corrected chi connectivity index (χ3v) is 4.02. The zero-order valence-corrected chi connectivity index (χ0v) is 14.0. The highest BCUT2D eigenvalue weighted by Crippen LogP contribution is 2.16. The van der Waals surface area contributed by atoms with Crippen molar-refractivity contribution in [1.82, 2.24) is 14.9 Å². The molecule has 124 valence electrons. The molecule has 1 N–H and O–H groups in total. The Bertz CT molecular complexity index is 837. The molecular weight excluding hydrogens is 302 g/mol. The summed E-state index contributed by atoms with van der Waals surface area (Å²) in [6, 6.07) is 15.5. The number of carbonyl (C=O) groups excluding carboxylic acids is 1. The predicted octanol–water partition coefficient (Wildman–Crippen LogP) is 2.92. The molecule has 0 aliphatic rings. The lowest BCUT2D eigenvalue weighted by atomic mass is 10.1. The van der Waals surface area contributed by atoms with Gasteiger partial charge in [0.25, 0.3) is 0 Å². The van der Waals surface area contributed by atoms with Crippen LogP contribution < -0.4 is 10.1 Å². The molecule has 0 spiro atoms. The van der Waals surface area contributed by atoms with E-state index in [0.29, 0.717) is 13.0 Å². The largest absolute Gasteiger partial charge is 0.497 e. The number of methoxy groups -OCH3 is 1. The number of amides is 1. The van der Waals surface area contributed by atoms with Crippen LogP contribution in [0.15, 0.2) is 48.5 Å². The Morgan fingerprint density at radius 2 is 1.92 bits per heavy atom. The minimum atomic E-state index is -0.0186. The Morgan fingerprint density at radius 3 is 2.62 bits per heavy atom. The first-order valence-corrected chi connectivity index (χ1v) is 8.05. The fraction of sp³-hybridized carbons (Fsp3) is 0.263. The molecule has 0 radical (unpaired) electrons. The second-order valence-corrected chi connectivity index (χ2v) is 5.56. The number of hydrogen-bond donors (Lipinski definition) is 1. The van der Waals surface area contributed by atoms with Crippen molar-refractivity contribution in [2.24, 2.45) is 0 Å². The summed E-state index contributed by atoms with van der Waals surface area (Å²) < 4.78 is 7.25. The number of nitrogens with one attached hydrogen (secondary N) is 1. The second kappa shape index (κ2) is 7.17. The molecule has 5 heteroatoms. The summed E-state index contributed by atoms with van der Waals surface area (Å²) >= 11 is 0. The SMILES string of the molecule is CCn1c(CNC(=O)Cc2ccc(OC)cc2)nc2ccccc21. The zero-order valence-electron chi connectivity index (χ0n) is 14.0. The Balaban J connectivity index is 1.65. The van der Waals surface area contributed by atoms with Crippen LogP contribution in [0.1, 0.15) is 18.3 Å². The van der Waals surface area contributed by atoms with Crippen LogP contribution in [-0.2, 0) is 24.3 Å². The van der Waals surface area contributed by atoms with E-state index in [4.69, 9.17) is 4.74 Å². The number of rotatable bonds is 6. The summed E-state index contributed by atoms with van der Waals surface area (Å²) in [4.78, 5) is 16.8. The standard InChI is InChI=1S/C19H21N3O2/c1-3-22-17-7-5-4-6-16(17)21-18(22)13-20-19(23)12-14-8-10-15(24-2)11-9-14/h4-11H,3,12-13H2,1-2H3,(H,20,23). The van der Waals surface area contributed by atoms with Gasteiger partial charge in [0.2, 0.25) is 5.91 Å². The summed E-state index contributed by atoms with van der Waals surface area (Å²) in [6.07, 6.45) is 0.344. The van der Waals surface area contributed by atoms with E-state index in [-0.39, 0.29) is 5.91 Å². The van der Waals surface area contributed by atoms with Gasteiger partial charge < -0.3 is 14.6 Å². The van der Waals surface area contributed by atoms with Crippen LogP contribution in [0.4, 0.5) is 0 Å². The molecule has 0 saturated carbocycles. The molecular formula is C19H21N3O2. The fourth-order valence-corrected chi connectivity index (χ4v) is 2.78. The van der Waals surface area contributed by atoms with Crippen LogP contribution in [-0.4, -0.2) is 22.6 Å². The van der Waals surface area contributed by atoms with Gasteiger partial charge in [0.05, 0.1) is 31.1 Å². The van der Waals surface area contributed by atoms with Crippen molar-refractivity contribution in [1.29, 1.82) is 0 Å². The summed E-state index contributed by atoms with van der Waals surface area (Å²) in [5.74, 6) is 1.65. The minimum Gasteiger partial charge on any atom is -0.497 e. The quantitative estimate of drug-likeness (QED) is 0.759. The molecule has 1 heterocycles. The van der Waals surface area contributed by atoms with Crippen LogP contribution in [0.2, 0.25) is 0 Å². The lowest BCUT2D eigenvalue weighted by Crippen LogP contribution is -2.26. The number of imidazole rings is 1. The number of ether oxygens (including phenoxy) is 1. The molecule has 0 atom stereocenters.